The summed E-state index contributed by atoms with van der Waals surface area (Å²) in [6, 6.07) is 81.2. The Labute approximate surface area is 358 Å². The lowest BCUT2D eigenvalue weighted by atomic mass is 10.1. The quantitative estimate of drug-likeness (QED) is 0.137. The molecule has 0 saturated carbocycles. The number of aryl methyl sites for hydroxylation is 3. The molecule has 4 nitrogen and oxygen atoms in total. The van der Waals surface area contributed by atoms with E-state index in [1.807, 2.05) is 0 Å². The van der Waals surface area contributed by atoms with Crippen LogP contribution >= 0.6 is 0 Å². The highest BCUT2D eigenvalue weighted by atomic mass is 15.2. The SMILES string of the molecule is Cc1ccc(N(c2ccccc2)c2cc(N(c3ccccc3)c3ccc(C)cc3)cc(-n3c4ccccc4c4c(N(c5ccccc5)c5ccc(C)cc5)cccc43)c2)cc1. The first kappa shape index (κ1) is 37.5. The van der Waals surface area contributed by atoms with Crippen LogP contribution in [-0.2, 0) is 0 Å². The molecule has 0 spiro atoms. The second kappa shape index (κ2) is 16.1. The average molecular weight is 787 g/mol. The fourth-order valence-electron chi connectivity index (χ4n) is 8.57. The second-order valence-electron chi connectivity index (χ2n) is 15.8. The first-order valence-electron chi connectivity index (χ1n) is 20.9. The zero-order valence-electron chi connectivity index (χ0n) is 34.7. The van der Waals surface area contributed by atoms with Crippen molar-refractivity contribution in [2.75, 3.05) is 14.7 Å². The molecule has 4 heteroatoms. The topological polar surface area (TPSA) is 14.7 Å². The van der Waals surface area contributed by atoms with Crippen molar-refractivity contribution in [1.82, 2.24) is 4.57 Å². The number of aromatic nitrogens is 1. The molecule has 0 aliphatic rings. The molecule has 0 N–H and O–H groups in total. The molecule has 1 heterocycles. The van der Waals surface area contributed by atoms with Gasteiger partial charge in [0, 0.05) is 44.9 Å². The Bertz CT molecular complexity index is 2980. The minimum Gasteiger partial charge on any atom is -0.310 e. The molecule has 0 atom stereocenters. The Morgan fingerprint density at radius 2 is 0.672 bits per heavy atom. The fourth-order valence-corrected chi connectivity index (χ4v) is 8.57. The molecule has 0 fully saturated rings. The lowest BCUT2D eigenvalue weighted by molar-refractivity contribution is 1.16. The zero-order valence-corrected chi connectivity index (χ0v) is 34.7. The number of nitrogens with zero attached hydrogens (tertiary/aromatic N) is 4. The Morgan fingerprint density at radius 1 is 0.295 bits per heavy atom. The highest BCUT2D eigenvalue weighted by Crippen LogP contribution is 2.46. The summed E-state index contributed by atoms with van der Waals surface area (Å²) in [4.78, 5) is 7.14. The van der Waals surface area contributed by atoms with Crippen molar-refractivity contribution >= 4 is 73.0 Å². The molecule has 0 saturated heterocycles. The first-order valence-corrected chi connectivity index (χ1v) is 20.9. The van der Waals surface area contributed by atoms with Gasteiger partial charge in [-0.3, -0.25) is 0 Å². The van der Waals surface area contributed by atoms with Crippen molar-refractivity contribution < 1.29 is 0 Å². The molecule has 1 aromatic heterocycles. The summed E-state index contributed by atoms with van der Waals surface area (Å²) >= 11 is 0. The maximum atomic E-state index is 2.45. The maximum absolute atomic E-state index is 2.45. The third-order valence-corrected chi connectivity index (χ3v) is 11.5. The smallest absolute Gasteiger partial charge is 0.0562 e. The predicted octanol–water partition coefficient (Wildman–Crippen LogP) is 16.1. The van der Waals surface area contributed by atoms with E-state index >= 15 is 0 Å². The van der Waals surface area contributed by atoms with Crippen LogP contribution in [0.2, 0.25) is 0 Å². The monoisotopic (exact) mass is 786 g/mol. The van der Waals surface area contributed by atoms with Gasteiger partial charge in [-0.25, -0.2) is 0 Å². The Balaban J connectivity index is 1.28. The number of fused-ring (bicyclic) bond motifs is 3. The van der Waals surface area contributed by atoms with Crippen molar-refractivity contribution in [2.24, 2.45) is 0 Å². The number of hydrogen-bond donors (Lipinski definition) is 0. The summed E-state index contributed by atoms with van der Waals surface area (Å²) in [6.07, 6.45) is 0. The third-order valence-electron chi connectivity index (χ3n) is 11.5. The molecule has 61 heavy (non-hydrogen) atoms. The van der Waals surface area contributed by atoms with Gasteiger partial charge in [0.05, 0.1) is 33.8 Å². The van der Waals surface area contributed by atoms with E-state index in [9.17, 15) is 0 Å². The van der Waals surface area contributed by atoms with Crippen molar-refractivity contribution in [3.05, 3.63) is 241 Å². The van der Waals surface area contributed by atoms with Crippen LogP contribution in [0.3, 0.4) is 0 Å². The average Bonchev–Trinajstić information content (AvgIpc) is 3.65. The largest absolute Gasteiger partial charge is 0.310 e. The molecule has 0 aliphatic heterocycles. The Kier molecular flexibility index (Phi) is 9.88. The number of anilines is 9. The van der Waals surface area contributed by atoms with E-state index in [-0.39, 0.29) is 0 Å². The van der Waals surface area contributed by atoms with Crippen LogP contribution in [0.15, 0.2) is 224 Å². The lowest BCUT2D eigenvalue weighted by Gasteiger charge is -2.30. The van der Waals surface area contributed by atoms with E-state index < -0.39 is 0 Å². The van der Waals surface area contributed by atoms with Crippen LogP contribution in [-0.4, -0.2) is 4.57 Å². The molecule has 0 bridgehead atoms. The van der Waals surface area contributed by atoms with Crippen LogP contribution < -0.4 is 14.7 Å². The maximum Gasteiger partial charge on any atom is 0.0562 e. The van der Waals surface area contributed by atoms with Gasteiger partial charge < -0.3 is 19.3 Å². The zero-order chi connectivity index (χ0) is 41.3. The van der Waals surface area contributed by atoms with E-state index in [0.29, 0.717) is 0 Å². The van der Waals surface area contributed by atoms with Gasteiger partial charge in [-0.15, -0.1) is 0 Å². The van der Waals surface area contributed by atoms with Crippen molar-refractivity contribution in [2.45, 2.75) is 20.8 Å². The summed E-state index contributed by atoms with van der Waals surface area (Å²) < 4.78 is 2.45. The number of para-hydroxylation sites is 4. The molecule has 10 rings (SSSR count). The first-order chi connectivity index (χ1) is 30.0. The van der Waals surface area contributed by atoms with Gasteiger partial charge >= 0.3 is 0 Å². The molecule has 10 aromatic rings. The van der Waals surface area contributed by atoms with E-state index in [4.69, 9.17) is 0 Å². The normalized spacial score (nSPS) is 11.2. The molecule has 9 aromatic carbocycles. The van der Waals surface area contributed by atoms with Gasteiger partial charge in [0.2, 0.25) is 0 Å². The van der Waals surface area contributed by atoms with Crippen LogP contribution in [0.1, 0.15) is 16.7 Å². The van der Waals surface area contributed by atoms with Crippen molar-refractivity contribution in [3.63, 3.8) is 0 Å². The second-order valence-corrected chi connectivity index (χ2v) is 15.8. The molecular formula is C57H46N4. The minimum absolute atomic E-state index is 1.04. The van der Waals surface area contributed by atoms with Gasteiger partial charge in [-0.1, -0.05) is 132 Å². The standard InChI is InChI=1S/C57H46N4/c1-41-26-32-47(33-27-41)58(44-16-7-4-8-17-44)50-38-51(59(45-18-9-5-10-19-45)48-34-28-42(2)29-35-48)40-52(39-50)61-54-23-14-13-22-53(54)57-55(24-15-25-56(57)61)60(46-20-11-6-12-21-46)49-36-30-43(3)31-37-49/h4-40H,1-3H3. The van der Waals surface area contributed by atoms with Gasteiger partial charge in [0.25, 0.3) is 0 Å². The van der Waals surface area contributed by atoms with Crippen molar-refractivity contribution in [1.29, 1.82) is 0 Å². The van der Waals surface area contributed by atoms with Gasteiger partial charge in [-0.05, 0) is 130 Å². The van der Waals surface area contributed by atoms with Crippen LogP contribution in [0.4, 0.5) is 51.2 Å². The molecule has 0 aliphatic carbocycles. The van der Waals surface area contributed by atoms with E-state index in [1.54, 1.807) is 0 Å². The molecular weight excluding hydrogens is 741 g/mol. The predicted molar refractivity (Wildman–Crippen MR) is 259 cm³/mol. The number of benzene rings is 9. The Hall–Kier alpha value is -7.82. The molecule has 294 valence electrons. The van der Waals surface area contributed by atoms with Crippen LogP contribution in [0.5, 0.6) is 0 Å². The summed E-state index contributed by atoms with van der Waals surface area (Å²) in [5.41, 5.74) is 16.7. The van der Waals surface area contributed by atoms with Gasteiger partial charge in [-0.2, -0.15) is 0 Å². The van der Waals surface area contributed by atoms with Gasteiger partial charge in [0.1, 0.15) is 0 Å². The fraction of sp³-hybridized carbons (Fsp3) is 0.0526. The highest BCUT2D eigenvalue weighted by molar-refractivity contribution is 6.16. The molecule has 0 radical (unpaired) electrons. The Morgan fingerprint density at radius 3 is 1.15 bits per heavy atom. The molecule has 0 amide bonds. The van der Waals surface area contributed by atoms with E-state index in [2.05, 4.69) is 264 Å². The van der Waals surface area contributed by atoms with Crippen molar-refractivity contribution in [3.8, 4) is 5.69 Å². The van der Waals surface area contributed by atoms with E-state index in [0.717, 1.165) is 67.9 Å². The third kappa shape index (κ3) is 7.19. The van der Waals surface area contributed by atoms with Crippen LogP contribution in [0.25, 0.3) is 27.5 Å². The summed E-state index contributed by atoms with van der Waals surface area (Å²) in [5, 5.41) is 2.37. The lowest BCUT2D eigenvalue weighted by Crippen LogP contribution is -2.14. The molecule has 0 unspecified atom stereocenters. The van der Waals surface area contributed by atoms with Gasteiger partial charge in [0.15, 0.2) is 0 Å². The summed E-state index contributed by atoms with van der Waals surface area (Å²) in [6.45, 7) is 6.43. The number of rotatable bonds is 10. The number of hydrogen-bond acceptors (Lipinski definition) is 3. The summed E-state index contributed by atoms with van der Waals surface area (Å²) in [5.74, 6) is 0. The highest BCUT2D eigenvalue weighted by Gasteiger charge is 2.24. The minimum atomic E-state index is 1.04. The van der Waals surface area contributed by atoms with Crippen LogP contribution in [0, 0.1) is 20.8 Å². The van der Waals surface area contributed by atoms with E-state index in [1.165, 1.54) is 27.5 Å². The summed E-state index contributed by atoms with van der Waals surface area (Å²) in [7, 11) is 0.